The summed E-state index contributed by atoms with van der Waals surface area (Å²) in [6, 6.07) is 0. The molecule has 2 atom stereocenters. The summed E-state index contributed by atoms with van der Waals surface area (Å²) in [7, 11) is 0. The van der Waals surface area contributed by atoms with Gasteiger partial charge in [-0.1, -0.05) is 0 Å². The lowest BCUT2D eigenvalue weighted by Crippen LogP contribution is -2.54. The van der Waals surface area contributed by atoms with Gasteiger partial charge < -0.3 is 14.2 Å². The van der Waals surface area contributed by atoms with Crippen LogP contribution in [0.25, 0.3) is 0 Å². The van der Waals surface area contributed by atoms with Gasteiger partial charge in [0.25, 0.3) is 0 Å². The summed E-state index contributed by atoms with van der Waals surface area (Å²) in [4.78, 5) is 11.2. The van der Waals surface area contributed by atoms with E-state index in [1.807, 2.05) is 0 Å². The number of rotatable bonds is 6. The van der Waals surface area contributed by atoms with Crippen LogP contribution in [0.15, 0.2) is 0 Å². The van der Waals surface area contributed by atoms with Crippen molar-refractivity contribution < 1.29 is 58.5 Å². The molecule has 4 nitrogen and oxygen atoms in total. The summed E-state index contributed by atoms with van der Waals surface area (Å²) in [5.74, 6) is -14.1. The molecular weight excluding hydrogens is 367 g/mol. The summed E-state index contributed by atoms with van der Waals surface area (Å²) in [5.41, 5.74) is 0. The van der Waals surface area contributed by atoms with E-state index in [1.54, 1.807) is 0 Å². The molecule has 13 heteroatoms. The summed E-state index contributed by atoms with van der Waals surface area (Å²) in [6.07, 6.45) is -12.6. The molecule has 0 saturated carbocycles. The van der Waals surface area contributed by atoms with Gasteiger partial charge in [-0.3, -0.25) is 0 Å². The van der Waals surface area contributed by atoms with E-state index in [2.05, 4.69) is 9.47 Å². The first-order chi connectivity index (χ1) is 10.7. The second-order valence-corrected chi connectivity index (χ2v) is 4.82. The Kier molecular flexibility index (Phi) is 6.02. The van der Waals surface area contributed by atoms with E-state index in [9.17, 15) is 44.3 Å². The maximum Gasteiger partial charge on any atom is 0.460 e. The molecule has 0 amide bonds. The highest BCUT2D eigenvalue weighted by atomic mass is 19.4. The third kappa shape index (κ3) is 4.65. The smallest absolute Gasteiger partial charge is 0.458 e. The standard InChI is InChI=1S/C11H11F9O4/c12-8(13,10(15,16)17)5-24-9(14,11(18,19)20)7(21)23-4-6-2-1-3-22-6/h6H,1-5H2. The minimum Gasteiger partial charge on any atom is -0.458 e. The van der Waals surface area contributed by atoms with E-state index in [1.165, 1.54) is 0 Å². The Bertz CT molecular complexity index is 442. The van der Waals surface area contributed by atoms with Crippen molar-refractivity contribution in [2.75, 3.05) is 19.8 Å². The Morgan fingerprint density at radius 2 is 1.58 bits per heavy atom. The number of hydrogen-bond donors (Lipinski definition) is 0. The maximum absolute atomic E-state index is 13.7. The number of esters is 1. The van der Waals surface area contributed by atoms with Crippen LogP contribution in [-0.4, -0.2) is 56.0 Å². The molecular formula is C11H11F9O4. The number of alkyl halides is 9. The van der Waals surface area contributed by atoms with Crippen LogP contribution in [0.1, 0.15) is 12.8 Å². The first-order valence-corrected chi connectivity index (χ1v) is 6.33. The molecule has 1 saturated heterocycles. The Balaban J connectivity index is 2.80. The third-order valence-electron chi connectivity index (χ3n) is 2.92. The van der Waals surface area contributed by atoms with Crippen LogP contribution in [0.5, 0.6) is 0 Å². The SMILES string of the molecule is O=C(OCC1CCCO1)C(F)(OCC(F)(F)C(F)(F)F)C(F)(F)F. The monoisotopic (exact) mass is 378 g/mol. The minimum atomic E-state index is -6.29. The molecule has 0 N–H and O–H groups in total. The Morgan fingerprint density at radius 3 is 2.00 bits per heavy atom. The minimum absolute atomic E-state index is 0.219. The van der Waals surface area contributed by atoms with Gasteiger partial charge in [0, 0.05) is 6.61 Å². The van der Waals surface area contributed by atoms with Gasteiger partial charge in [0.2, 0.25) is 0 Å². The lowest BCUT2D eigenvalue weighted by Gasteiger charge is -2.28. The third-order valence-corrected chi connectivity index (χ3v) is 2.92. The molecule has 0 bridgehead atoms. The molecule has 142 valence electrons. The summed E-state index contributed by atoms with van der Waals surface area (Å²) >= 11 is 0. The molecule has 1 rings (SSSR count). The normalized spacial score (nSPS) is 22.3. The Labute approximate surface area is 128 Å². The fraction of sp³-hybridized carbons (Fsp3) is 0.909. The van der Waals surface area contributed by atoms with E-state index in [4.69, 9.17) is 4.74 Å². The van der Waals surface area contributed by atoms with Gasteiger partial charge in [0.1, 0.15) is 13.2 Å². The van der Waals surface area contributed by atoms with E-state index in [0.717, 1.165) is 0 Å². The highest BCUT2D eigenvalue weighted by molar-refractivity contribution is 5.78. The molecule has 1 heterocycles. The largest absolute Gasteiger partial charge is 0.460 e. The van der Waals surface area contributed by atoms with Crippen LogP contribution >= 0.6 is 0 Å². The second kappa shape index (κ2) is 6.94. The molecule has 0 spiro atoms. The van der Waals surface area contributed by atoms with Gasteiger partial charge in [-0.15, -0.1) is 0 Å². The van der Waals surface area contributed by atoms with Gasteiger partial charge in [-0.2, -0.15) is 39.5 Å². The van der Waals surface area contributed by atoms with E-state index in [-0.39, 0.29) is 13.0 Å². The molecule has 0 radical (unpaired) electrons. The Hall–Kier alpha value is -1.24. The zero-order valence-electron chi connectivity index (χ0n) is 11.6. The predicted octanol–water partition coefficient (Wildman–Crippen LogP) is 3.15. The fourth-order valence-electron chi connectivity index (χ4n) is 1.57. The molecule has 0 aromatic carbocycles. The fourth-order valence-corrected chi connectivity index (χ4v) is 1.57. The zero-order valence-corrected chi connectivity index (χ0v) is 11.6. The summed E-state index contributed by atoms with van der Waals surface area (Å²) < 4.78 is 124. The molecule has 1 aliphatic heterocycles. The lowest BCUT2D eigenvalue weighted by atomic mass is 10.2. The number of halogens is 9. The zero-order chi connectivity index (χ0) is 18.8. The van der Waals surface area contributed by atoms with Crippen LogP contribution in [0, 0.1) is 0 Å². The molecule has 24 heavy (non-hydrogen) atoms. The average Bonchev–Trinajstić information content (AvgIpc) is 2.92. The van der Waals surface area contributed by atoms with Gasteiger partial charge in [0.05, 0.1) is 6.10 Å². The number of carbonyl (C=O) groups is 1. The lowest BCUT2D eigenvalue weighted by molar-refractivity contribution is -0.358. The molecule has 2 unspecified atom stereocenters. The topological polar surface area (TPSA) is 44.8 Å². The molecule has 1 aliphatic rings. The number of ether oxygens (including phenoxy) is 3. The number of hydrogen-bond acceptors (Lipinski definition) is 4. The van der Waals surface area contributed by atoms with Gasteiger partial charge in [0.15, 0.2) is 0 Å². The molecule has 0 aromatic rings. The average molecular weight is 378 g/mol. The quantitative estimate of drug-likeness (QED) is 0.526. The first kappa shape index (κ1) is 20.8. The van der Waals surface area contributed by atoms with E-state index >= 15 is 0 Å². The maximum atomic E-state index is 13.7. The highest BCUT2D eigenvalue weighted by Gasteiger charge is 2.68. The van der Waals surface area contributed by atoms with E-state index < -0.39 is 49.4 Å². The van der Waals surface area contributed by atoms with Crippen LogP contribution in [0.3, 0.4) is 0 Å². The van der Waals surface area contributed by atoms with Crippen LogP contribution in [0.4, 0.5) is 39.5 Å². The van der Waals surface area contributed by atoms with Crippen LogP contribution < -0.4 is 0 Å². The van der Waals surface area contributed by atoms with Gasteiger partial charge in [-0.25, -0.2) is 4.79 Å². The predicted molar refractivity (Wildman–Crippen MR) is 56.8 cm³/mol. The van der Waals surface area contributed by atoms with Crippen molar-refractivity contribution in [1.82, 2.24) is 0 Å². The van der Waals surface area contributed by atoms with Gasteiger partial charge >= 0.3 is 30.1 Å². The molecule has 0 aromatic heterocycles. The van der Waals surface area contributed by atoms with Crippen molar-refractivity contribution in [2.45, 2.75) is 43.1 Å². The van der Waals surface area contributed by atoms with E-state index in [0.29, 0.717) is 6.42 Å². The Morgan fingerprint density at radius 1 is 1.00 bits per heavy atom. The van der Waals surface area contributed by atoms with Crippen molar-refractivity contribution in [1.29, 1.82) is 0 Å². The summed E-state index contributed by atoms with van der Waals surface area (Å²) in [6.45, 7) is -3.67. The molecule has 0 aliphatic carbocycles. The second-order valence-electron chi connectivity index (χ2n) is 4.82. The highest BCUT2D eigenvalue weighted by Crippen LogP contribution is 2.41. The molecule has 1 fully saturated rings. The first-order valence-electron chi connectivity index (χ1n) is 6.33. The van der Waals surface area contributed by atoms with Crippen molar-refractivity contribution in [3.63, 3.8) is 0 Å². The van der Waals surface area contributed by atoms with Crippen LogP contribution in [-0.2, 0) is 19.0 Å². The number of carbonyl (C=O) groups excluding carboxylic acids is 1. The van der Waals surface area contributed by atoms with Crippen molar-refractivity contribution in [3.8, 4) is 0 Å². The van der Waals surface area contributed by atoms with Gasteiger partial charge in [-0.05, 0) is 12.8 Å². The van der Waals surface area contributed by atoms with Crippen molar-refractivity contribution in [2.24, 2.45) is 0 Å². The van der Waals surface area contributed by atoms with Crippen molar-refractivity contribution in [3.05, 3.63) is 0 Å². The van der Waals surface area contributed by atoms with Crippen LogP contribution in [0.2, 0.25) is 0 Å². The van der Waals surface area contributed by atoms with Crippen molar-refractivity contribution >= 4 is 5.97 Å². The summed E-state index contributed by atoms with van der Waals surface area (Å²) in [5, 5.41) is 0.